The van der Waals surface area contributed by atoms with Gasteiger partial charge in [0.05, 0.1) is 0 Å². The average molecular weight is 330 g/mol. The van der Waals surface area contributed by atoms with Crippen LogP contribution in [0.1, 0.15) is 56.9 Å². The number of hydrogen-bond acceptors (Lipinski definition) is 2. The molecule has 1 aromatic rings. The van der Waals surface area contributed by atoms with Crippen molar-refractivity contribution in [3.05, 3.63) is 47.3 Å². The van der Waals surface area contributed by atoms with Gasteiger partial charge in [-0.2, -0.15) is 0 Å². The van der Waals surface area contributed by atoms with Gasteiger partial charge in [0.2, 0.25) is 0 Å². The van der Waals surface area contributed by atoms with Gasteiger partial charge in [-0.1, -0.05) is 36.8 Å². The normalized spacial score (nSPS) is 20.3. The lowest BCUT2D eigenvalue weighted by molar-refractivity contribution is 0.190. The van der Waals surface area contributed by atoms with Crippen molar-refractivity contribution in [2.45, 2.75) is 64.0 Å². The SMILES string of the molecule is FC(CCNC1CCN(Cc2ccccc2)CC1)=C1CCCCC1. The molecule has 1 aliphatic heterocycles. The molecule has 0 spiro atoms. The average Bonchev–Trinajstić information content (AvgIpc) is 2.65. The van der Waals surface area contributed by atoms with Crippen LogP contribution in [-0.2, 0) is 6.54 Å². The molecule has 24 heavy (non-hydrogen) atoms. The van der Waals surface area contributed by atoms with Crippen LogP contribution in [-0.4, -0.2) is 30.6 Å². The second-order valence-electron chi connectivity index (χ2n) is 7.31. The molecule has 2 aliphatic rings. The van der Waals surface area contributed by atoms with E-state index in [1.54, 1.807) is 0 Å². The van der Waals surface area contributed by atoms with Crippen LogP contribution in [0.4, 0.5) is 4.39 Å². The Morgan fingerprint density at radius 2 is 1.75 bits per heavy atom. The Morgan fingerprint density at radius 1 is 1.04 bits per heavy atom. The summed E-state index contributed by atoms with van der Waals surface area (Å²) in [5.41, 5.74) is 2.49. The van der Waals surface area contributed by atoms with E-state index in [0.29, 0.717) is 12.5 Å². The second kappa shape index (κ2) is 9.33. The topological polar surface area (TPSA) is 15.3 Å². The number of nitrogens with zero attached hydrogens (tertiary/aromatic N) is 1. The van der Waals surface area contributed by atoms with Gasteiger partial charge in [0.1, 0.15) is 5.83 Å². The van der Waals surface area contributed by atoms with Gasteiger partial charge < -0.3 is 5.32 Å². The summed E-state index contributed by atoms with van der Waals surface area (Å²) < 4.78 is 14.2. The fraction of sp³-hybridized carbons (Fsp3) is 0.619. The standard InChI is InChI=1S/C21H31FN2/c22-21(19-9-5-2-6-10-19)11-14-23-20-12-15-24(16-13-20)17-18-7-3-1-4-8-18/h1,3-4,7-8,20,23H,2,5-6,9-17H2. The molecule has 0 amide bonds. The van der Waals surface area contributed by atoms with Crippen molar-refractivity contribution in [2.75, 3.05) is 19.6 Å². The highest BCUT2D eigenvalue weighted by Gasteiger charge is 2.19. The molecule has 132 valence electrons. The van der Waals surface area contributed by atoms with Crippen molar-refractivity contribution < 1.29 is 4.39 Å². The van der Waals surface area contributed by atoms with Crippen molar-refractivity contribution in [1.29, 1.82) is 0 Å². The third kappa shape index (κ3) is 5.42. The number of likely N-dealkylation sites (tertiary alicyclic amines) is 1. The van der Waals surface area contributed by atoms with Crippen molar-refractivity contribution in [3.63, 3.8) is 0 Å². The lowest BCUT2D eigenvalue weighted by Crippen LogP contribution is -2.42. The summed E-state index contributed by atoms with van der Waals surface area (Å²) in [6.07, 6.45) is 8.53. The van der Waals surface area contributed by atoms with Crippen LogP contribution >= 0.6 is 0 Å². The molecule has 1 aromatic carbocycles. The molecule has 0 aromatic heterocycles. The summed E-state index contributed by atoms with van der Waals surface area (Å²) in [6.45, 7) is 4.11. The van der Waals surface area contributed by atoms with Gasteiger partial charge in [-0.25, -0.2) is 4.39 Å². The van der Waals surface area contributed by atoms with E-state index in [4.69, 9.17) is 0 Å². The minimum atomic E-state index is 0.170. The van der Waals surface area contributed by atoms with Crippen molar-refractivity contribution in [3.8, 4) is 0 Å². The van der Waals surface area contributed by atoms with Crippen LogP contribution in [0.2, 0.25) is 0 Å². The quantitative estimate of drug-likeness (QED) is 0.804. The number of nitrogens with one attached hydrogen (secondary N) is 1. The van der Waals surface area contributed by atoms with Crippen molar-refractivity contribution in [2.24, 2.45) is 0 Å². The first-order valence-corrected chi connectivity index (χ1v) is 9.67. The van der Waals surface area contributed by atoms with Crippen LogP contribution in [0.15, 0.2) is 41.7 Å². The van der Waals surface area contributed by atoms with E-state index >= 15 is 0 Å². The first-order valence-electron chi connectivity index (χ1n) is 9.67. The third-order valence-corrected chi connectivity index (χ3v) is 5.45. The number of halogens is 1. The maximum Gasteiger partial charge on any atom is 0.100 e. The van der Waals surface area contributed by atoms with E-state index in [1.165, 1.54) is 37.7 Å². The minimum absolute atomic E-state index is 0.170. The smallest absolute Gasteiger partial charge is 0.100 e. The summed E-state index contributed by atoms with van der Waals surface area (Å²) >= 11 is 0. The van der Waals surface area contributed by atoms with Gasteiger partial charge in [0, 0.05) is 25.6 Å². The summed E-state index contributed by atoms with van der Waals surface area (Å²) in [5, 5.41) is 3.58. The molecule has 1 heterocycles. The van der Waals surface area contributed by atoms with E-state index in [9.17, 15) is 4.39 Å². The Labute approximate surface area is 146 Å². The molecule has 0 bridgehead atoms. The molecule has 1 saturated heterocycles. The first kappa shape index (κ1) is 17.6. The Kier molecular flexibility index (Phi) is 6.86. The summed E-state index contributed by atoms with van der Waals surface area (Å²) in [5.74, 6) is 0.170. The van der Waals surface area contributed by atoms with Gasteiger partial charge in [-0.15, -0.1) is 0 Å². The van der Waals surface area contributed by atoms with Gasteiger partial charge >= 0.3 is 0 Å². The molecule has 1 saturated carbocycles. The monoisotopic (exact) mass is 330 g/mol. The van der Waals surface area contributed by atoms with E-state index < -0.39 is 0 Å². The van der Waals surface area contributed by atoms with Crippen LogP contribution in [0.25, 0.3) is 0 Å². The van der Waals surface area contributed by atoms with Crippen LogP contribution in [0.5, 0.6) is 0 Å². The molecular formula is C21H31FN2. The molecule has 2 fully saturated rings. The largest absolute Gasteiger partial charge is 0.313 e. The maximum atomic E-state index is 14.2. The molecular weight excluding hydrogens is 299 g/mol. The molecule has 2 nitrogen and oxygen atoms in total. The highest BCUT2D eigenvalue weighted by Crippen LogP contribution is 2.27. The molecule has 1 N–H and O–H groups in total. The Balaban J connectivity index is 1.34. The van der Waals surface area contributed by atoms with Crippen molar-refractivity contribution >= 4 is 0 Å². The van der Waals surface area contributed by atoms with E-state index in [1.807, 2.05) is 0 Å². The van der Waals surface area contributed by atoms with Gasteiger partial charge in [-0.3, -0.25) is 4.90 Å². The van der Waals surface area contributed by atoms with E-state index in [2.05, 4.69) is 40.5 Å². The zero-order valence-corrected chi connectivity index (χ0v) is 14.8. The number of rotatable bonds is 6. The minimum Gasteiger partial charge on any atom is -0.313 e. The highest BCUT2D eigenvalue weighted by atomic mass is 19.1. The molecule has 3 heteroatoms. The Morgan fingerprint density at radius 3 is 2.46 bits per heavy atom. The zero-order valence-electron chi connectivity index (χ0n) is 14.8. The summed E-state index contributed by atoms with van der Waals surface area (Å²) in [6, 6.07) is 11.2. The zero-order chi connectivity index (χ0) is 16.6. The van der Waals surface area contributed by atoms with Gasteiger partial charge in [0.15, 0.2) is 0 Å². The van der Waals surface area contributed by atoms with Gasteiger partial charge in [-0.05, 0) is 62.8 Å². The molecule has 0 radical (unpaired) electrons. The van der Waals surface area contributed by atoms with E-state index in [0.717, 1.165) is 44.6 Å². The fourth-order valence-corrected chi connectivity index (χ4v) is 3.95. The lowest BCUT2D eigenvalue weighted by Gasteiger charge is -2.32. The Hall–Kier alpha value is -1.19. The predicted octanol–water partition coefficient (Wildman–Crippen LogP) is 4.82. The molecule has 0 atom stereocenters. The molecule has 3 rings (SSSR count). The molecule has 0 unspecified atom stereocenters. The summed E-state index contributed by atoms with van der Waals surface area (Å²) in [4.78, 5) is 2.53. The van der Waals surface area contributed by atoms with Crippen molar-refractivity contribution in [1.82, 2.24) is 10.2 Å². The number of hydrogen-bond donors (Lipinski definition) is 1. The molecule has 1 aliphatic carbocycles. The van der Waals surface area contributed by atoms with Crippen LogP contribution in [0.3, 0.4) is 0 Å². The third-order valence-electron chi connectivity index (χ3n) is 5.45. The Bertz CT molecular complexity index is 510. The predicted molar refractivity (Wildman–Crippen MR) is 98.6 cm³/mol. The first-order chi connectivity index (χ1) is 11.8. The van der Waals surface area contributed by atoms with Crippen LogP contribution < -0.4 is 5.32 Å². The maximum absolute atomic E-state index is 14.2. The van der Waals surface area contributed by atoms with E-state index in [-0.39, 0.29) is 5.83 Å². The number of benzene rings is 1. The lowest BCUT2D eigenvalue weighted by atomic mass is 9.93. The van der Waals surface area contributed by atoms with Crippen LogP contribution in [0, 0.1) is 0 Å². The fourth-order valence-electron chi connectivity index (χ4n) is 3.95. The number of allylic oxidation sites excluding steroid dienone is 1. The highest BCUT2D eigenvalue weighted by molar-refractivity contribution is 5.14. The second-order valence-corrected chi connectivity index (χ2v) is 7.31. The van der Waals surface area contributed by atoms with Gasteiger partial charge in [0.25, 0.3) is 0 Å². The summed E-state index contributed by atoms with van der Waals surface area (Å²) in [7, 11) is 0. The number of piperidine rings is 1.